The summed E-state index contributed by atoms with van der Waals surface area (Å²) in [4.78, 5) is 0. The van der Waals surface area contributed by atoms with Crippen LogP contribution in [0.1, 0.15) is 22.8 Å². The Kier molecular flexibility index (Phi) is 3.94. The van der Waals surface area contributed by atoms with Crippen LogP contribution in [0.3, 0.4) is 0 Å². The molecule has 0 aromatic heterocycles. The average Bonchev–Trinajstić information content (AvgIpc) is 2.58. The van der Waals surface area contributed by atoms with Gasteiger partial charge in [-0.15, -0.1) is 0 Å². The number of benzene rings is 3. The molecule has 1 atom stereocenters. The molecule has 0 bridgehead atoms. The lowest BCUT2D eigenvalue weighted by Gasteiger charge is -2.14. The van der Waals surface area contributed by atoms with E-state index in [9.17, 15) is 5.11 Å². The molecule has 0 amide bonds. The number of aliphatic hydroxyl groups is 1. The van der Waals surface area contributed by atoms with Crippen molar-refractivity contribution in [2.24, 2.45) is 0 Å². The van der Waals surface area contributed by atoms with Gasteiger partial charge in [-0.25, -0.2) is 0 Å². The van der Waals surface area contributed by atoms with E-state index in [0.29, 0.717) is 0 Å². The maximum absolute atomic E-state index is 10.5. The third-order valence-electron chi connectivity index (χ3n) is 3.94. The van der Waals surface area contributed by atoms with Gasteiger partial charge in [0, 0.05) is 5.69 Å². The molecule has 0 aliphatic carbocycles. The van der Waals surface area contributed by atoms with E-state index in [1.54, 1.807) is 0 Å². The number of hydrogen-bond acceptors (Lipinski definition) is 2. The van der Waals surface area contributed by atoms with Crippen molar-refractivity contribution >= 4 is 5.69 Å². The second-order valence-corrected chi connectivity index (χ2v) is 5.51. The molecule has 110 valence electrons. The fourth-order valence-electron chi connectivity index (χ4n) is 2.55. The summed E-state index contributed by atoms with van der Waals surface area (Å²) in [5, 5.41) is 10.5. The van der Waals surface area contributed by atoms with Gasteiger partial charge in [0.2, 0.25) is 0 Å². The number of nitrogen functional groups attached to an aromatic ring is 1. The van der Waals surface area contributed by atoms with Crippen molar-refractivity contribution in [3.8, 4) is 11.1 Å². The Bertz CT molecular complexity index is 763. The van der Waals surface area contributed by atoms with Crippen molar-refractivity contribution in [1.29, 1.82) is 0 Å². The fourth-order valence-corrected chi connectivity index (χ4v) is 2.55. The molecule has 0 saturated carbocycles. The molecular formula is C20H19NO. The van der Waals surface area contributed by atoms with Crippen LogP contribution in [0.15, 0.2) is 72.8 Å². The summed E-state index contributed by atoms with van der Waals surface area (Å²) in [6, 6.07) is 23.9. The number of rotatable bonds is 3. The van der Waals surface area contributed by atoms with E-state index in [2.05, 4.69) is 12.1 Å². The van der Waals surface area contributed by atoms with Gasteiger partial charge in [0.25, 0.3) is 0 Å². The first-order valence-electron chi connectivity index (χ1n) is 7.34. The summed E-state index contributed by atoms with van der Waals surface area (Å²) in [6.45, 7) is 1.95. The van der Waals surface area contributed by atoms with Crippen LogP contribution >= 0.6 is 0 Å². The molecule has 0 aliphatic rings. The summed E-state index contributed by atoms with van der Waals surface area (Å²) in [5.74, 6) is 0. The highest BCUT2D eigenvalue weighted by Gasteiger charge is 2.11. The SMILES string of the molecule is Cc1cc(C(O)c2ccc(-c3ccccc3)cc2)ccc1N. The van der Waals surface area contributed by atoms with Crippen LogP contribution in [0.2, 0.25) is 0 Å². The Morgan fingerprint density at radius 2 is 1.36 bits per heavy atom. The van der Waals surface area contributed by atoms with Gasteiger partial charge in [-0.3, -0.25) is 0 Å². The minimum atomic E-state index is -0.635. The zero-order valence-electron chi connectivity index (χ0n) is 12.5. The first kappa shape index (κ1) is 14.4. The normalized spacial score (nSPS) is 12.1. The largest absolute Gasteiger partial charge is 0.399 e. The zero-order chi connectivity index (χ0) is 15.5. The molecule has 1 unspecified atom stereocenters. The van der Waals surface area contributed by atoms with Crippen molar-refractivity contribution in [2.45, 2.75) is 13.0 Å². The smallest absolute Gasteiger partial charge is 0.104 e. The average molecular weight is 289 g/mol. The Morgan fingerprint density at radius 1 is 0.773 bits per heavy atom. The quantitative estimate of drug-likeness (QED) is 0.705. The Hall–Kier alpha value is -2.58. The molecule has 0 spiro atoms. The monoisotopic (exact) mass is 289 g/mol. The minimum absolute atomic E-state index is 0.635. The topological polar surface area (TPSA) is 46.2 Å². The molecule has 0 radical (unpaired) electrons. The summed E-state index contributed by atoms with van der Waals surface area (Å²) in [6.07, 6.45) is -0.635. The van der Waals surface area contributed by atoms with Crippen molar-refractivity contribution in [2.75, 3.05) is 5.73 Å². The Labute approximate surface area is 130 Å². The third kappa shape index (κ3) is 2.87. The van der Waals surface area contributed by atoms with Gasteiger partial charge in [-0.05, 0) is 40.8 Å². The van der Waals surface area contributed by atoms with Crippen LogP contribution in [0.25, 0.3) is 11.1 Å². The van der Waals surface area contributed by atoms with Crippen LogP contribution in [0, 0.1) is 6.92 Å². The maximum Gasteiger partial charge on any atom is 0.104 e. The molecule has 22 heavy (non-hydrogen) atoms. The van der Waals surface area contributed by atoms with Crippen LogP contribution in [0.5, 0.6) is 0 Å². The molecule has 0 fully saturated rings. The minimum Gasteiger partial charge on any atom is -0.399 e. The van der Waals surface area contributed by atoms with E-state index < -0.39 is 6.10 Å². The molecule has 0 heterocycles. The van der Waals surface area contributed by atoms with E-state index in [1.807, 2.05) is 67.6 Å². The van der Waals surface area contributed by atoms with E-state index >= 15 is 0 Å². The maximum atomic E-state index is 10.5. The molecule has 3 rings (SSSR count). The van der Waals surface area contributed by atoms with E-state index in [0.717, 1.165) is 27.9 Å². The molecule has 3 aromatic rings. The van der Waals surface area contributed by atoms with E-state index in [1.165, 1.54) is 5.56 Å². The Balaban J connectivity index is 1.87. The second kappa shape index (κ2) is 6.04. The summed E-state index contributed by atoms with van der Waals surface area (Å²) in [7, 11) is 0. The second-order valence-electron chi connectivity index (χ2n) is 5.51. The van der Waals surface area contributed by atoms with Gasteiger partial charge in [-0.1, -0.05) is 66.7 Å². The predicted molar refractivity (Wildman–Crippen MR) is 91.5 cm³/mol. The van der Waals surface area contributed by atoms with E-state index in [-0.39, 0.29) is 0 Å². The predicted octanol–water partition coefficient (Wildman–Crippen LogP) is 4.33. The highest BCUT2D eigenvalue weighted by molar-refractivity contribution is 5.63. The summed E-state index contributed by atoms with van der Waals surface area (Å²) < 4.78 is 0. The van der Waals surface area contributed by atoms with Gasteiger partial charge in [0.15, 0.2) is 0 Å². The fraction of sp³-hybridized carbons (Fsp3) is 0.100. The van der Waals surface area contributed by atoms with Gasteiger partial charge >= 0.3 is 0 Å². The summed E-state index contributed by atoms with van der Waals surface area (Å²) in [5.41, 5.74) is 11.6. The highest BCUT2D eigenvalue weighted by Crippen LogP contribution is 2.27. The molecule has 2 nitrogen and oxygen atoms in total. The number of nitrogens with two attached hydrogens (primary N) is 1. The van der Waals surface area contributed by atoms with Crippen LogP contribution < -0.4 is 5.73 Å². The molecule has 3 N–H and O–H groups in total. The molecule has 0 saturated heterocycles. The first-order valence-corrected chi connectivity index (χ1v) is 7.34. The van der Waals surface area contributed by atoms with Gasteiger partial charge in [0.1, 0.15) is 6.10 Å². The number of aliphatic hydroxyl groups excluding tert-OH is 1. The number of hydrogen-bond donors (Lipinski definition) is 2. The van der Waals surface area contributed by atoms with Crippen molar-refractivity contribution in [3.05, 3.63) is 89.5 Å². The highest BCUT2D eigenvalue weighted by atomic mass is 16.3. The molecule has 0 aliphatic heterocycles. The first-order chi connectivity index (χ1) is 10.6. The lowest BCUT2D eigenvalue weighted by atomic mass is 9.97. The van der Waals surface area contributed by atoms with Crippen molar-refractivity contribution in [1.82, 2.24) is 0 Å². The lowest BCUT2D eigenvalue weighted by Crippen LogP contribution is -2.01. The number of anilines is 1. The Morgan fingerprint density at radius 3 is 2.00 bits per heavy atom. The molecule has 2 heteroatoms. The standard InChI is InChI=1S/C20H19NO/c1-14-13-18(11-12-19(14)21)20(22)17-9-7-16(8-10-17)15-5-3-2-4-6-15/h2-13,20,22H,21H2,1H3. The molecular weight excluding hydrogens is 270 g/mol. The van der Waals surface area contributed by atoms with Crippen LogP contribution in [-0.2, 0) is 0 Å². The van der Waals surface area contributed by atoms with Crippen molar-refractivity contribution < 1.29 is 5.11 Å². The van der Waals surface area contributed by atoms with Gasteiger partial charge in [-0.2, -0.15) is 0 Å². The van der Waals surface area contributed by atoms with Gasteiger partial charge < -0.3 is 10.8 Å². The molecule has 3 aromatic carbocycles. The van der Waals surface area contributed by atoms with E-state index in [4.69, 9.17) is 5.73 Å². The van der Waals surface area contributed by atoms with Crippen LogP contribution in [0.4, 0.5) is 5.69 Å². The zero-order valence-corrected chi connectivity index (χ0v) is 12.5. The lowest BCUT2D eigenvalue weighted by molar-refractivity contribution is 0.220. The third-order valence-corrected chi connectivity index (χ3v) is 3.94. The van der Waals surface area contributed by atoms with Crippen molar-refractivity contribution in [3.63, 3.8) is 0 Å². The summed E-state index contributed by atoms with van der Waals surface area (Å²) >= 11 is 0. The number of aryl methyl sites for hydroxylation is 1. The van der Waals surface area contributed by atoms with Crippen LogP contribution in [-0.4, -0.2) is 5.11 Å². The van der Waals surface area contributed by atoms with Gasteiger partial charge in [0.05, 0.1) is 0 Å².